The van der Waals surface area contributed by atoms with E-state index in [2.05, 4.69) is 53.5 Å². The van der Waals surface area contributed by atoms with Gasteiger partial charge in [0.25, 0.3) is 0 Å². The highest BCUT2D eigenvalue weighted by molar-refractivity contribution is 7.11. The van der Waals surface area contributed by atoms with Gasteiger partial charge < -0.3 is 20.1 Å². The lowest BCUT2D eigenvalue weighted by atomic mass is 10.1. The van der Waals surface area contributed by atoms with Gasteiger partial charge in [-0.15, -0.1) is 11.3 Å². The second kappa shape index (κ2) is 10.8. The fourth-order valence-corrected chi connectivity index (χ4v) is 3.04. The average molecular weight is 377 g/mol. The van der Waals surface area contributed by atoms with E-state index in [1.165, 1.54) is 4.88 Å². The van der Waals surface area contributed by atoms with E-state index in [1.54, 1.807) is 18.4 Å². The van der Waals surface area contributed by atoms with Crippen molar-refractivity contribution in [3.63, 3.8) is 0 Å². The summed E-state index contributed by atoms with van der Waals surface area (Å²) in [6.45, 7) is 9.25. The molecule has 0 aliphatic carbocycles. The first-order valence-electron chi connectivity index (χ1n) is 8.77. The van der Waals surface area contributed by atoms with Crippen molar-refractivity contribution in [2.75, 3.05) is 26.9 Å². The fourth-order valence-electron chi connectivity index (χ4n) is 2.31. The highest BCUT2D eigenvalue weighted by Gasteiger charge is 2.06. The second-order valence-electron chi connectivity index (χ2n) is 5.87. The molecule has 0 bridgehead atoms. The zero-order valence-corrected chi connectivity index (χ0v) is 16.8. The van der Waals surface area contributed by atoms with Crippen LogP contribution < -0.4 is 15.4 Å². The van der Waals surface area contributed by atoms with Gasteiger partial charge in [-0.3, -0.25) is 0 Å². The SMILES string of the molecule is CCNC(=NCc1ccc(C)cc1OCCOC)NCc1ncc(C)s1. The molecule has 0 amide bonds. The number of thiazole rings is 1. The van der Waals surface area contributed by atoms with Crippen LogP contribution in [0.4, 0.5) is 0 Å². The van der Waals surface area contributed by atoms with Gasteiger partial charge >= 0.3 is 0 Å². The maximum Gasteiger partial charge on any atom is 0.191 e. The third kappa shape index (κ3) is 6.65. The number of aromatic nitrogens is 1. The molecule has 2 aromatic rings. The standard InChI is InChI=1S/C19H28N4O2S/c1-5-20-19(23-13-18-21-11-15(3)26-18)22-12-16-7-6-14(2)10-17(16)25-9-8-24-4/h6-7,10-11H,5,8-9,12-13H2,1-4H3,(H2,20,22,23). The monoisotopic (exact) mass is 376 g/mol. The van der Waals surface area contributed by atoms with E-state index in [0.29, 0.717) is 26.3 Å². The van der Waals surface area contributed by atoms with E-state index in [0.717, 1.165) is 34.4 Å². The summed E-state index contributed by atoms with van der Waals surface area (Å²) in [7, 11) is 1.67. The minimum absolute atomic E-state index is 0.526. The second-order valence-corrected chi connectivity index (χ2v) is 7.19. The van der Waals surface area contributed by atoms with Crippen molar-refractivity contribution in [2.45, 2.75) is 33.9 Å². The number of aliphatic imine (C=N–C) groups is 1. The summed E-state index contributed by atoms with van der Waals surface area (Å²) in [5.41, 5.74) is 2.21. The van der Waals surface area contributed by atoms with Crippen LogP contribution >= 0.6 is 11.3 Å². The molecule has 6 nitrogen and oxygen atoms in total. The minimum Gasteiger partial charge on any atom is -0.491 e. The smallest absolute Gasteiger partial charge is 0.191 e. The normalized spacial score (nSPS) is 11.5. The molecule has 0 radical (unpaired) electrons. The molecule has 0 atom stereocenters. The molecule has 26 heavy (non-hydrogen) atoms. The quantitative estimate of drug-likeness (QED) is 0.400. The van der Waals surface area contributed by atoms with E-state index in [1.807, 2.05) is 12.3 Å². The van der Waals surface area contributed by atoms with Crippen LogP contribution in [0.2, 0.25) is 0 Å². The highest BCUT2D eigenvalue weighted by atomic mass is 32.1. The first-order chi connectivity index (χ1) is 12.6. The Kier molecular flexibility index (Phi) is 8.37. The summed E-state index contributed by atoms with van der Waals surface area (Å²) >= 11 is 1.69. The Bertz CT molecular complexity index is 715. The Morgan fingerprint density at radius 3 is 2.77 bits per heavy atom. The van der Waals surface area contributed by atoms with E-state index >= 15 is 0 Å². The summed E-state index contributed by atoms with van der Waals surface area (Å²) < 4.78 is 10.9. The Morgan fingerprint density at radius 2 is 2.08 bits per heavy atom. The van der Waals surface area contributed by atoms with Crippen LogP contribution in [0.1, 0.15) is 27.9 Å². The number of hydrogen-bond acceptors (Lipinski definition) is 5. The molecule has 0 spiro atoms. The van der Waals surface area contributed by atoms with Crippen LogP contribution in [-0.4, -0.2) is 37.8 Å². The van der Waals surface area contributed by atoms with Crippen molar-refractivity contribution in [3.8, 4) is 5.75 Å². The van der Waals surface area contributed by atoms with Crippen LogP contribution in [0.15, 0.2) is 29.4 Å². The van der Waals surface area contributed by atoms with E-state index < -0.39 is 0 Å². The lowest BCUT2D eigenvalue weighted by Crippen LogP contribution is -2.36. The molecular weight excluding hydrogens is 348 g/mol. The molecule has 142 valence electrons. The Hall–Kier alpha value is -2.12. The summed E-state index contributed by atoms with van der Waals surface area (Å²) in [6, 6.07) is 6.18. The van der Waals surface area contributed by atoms with Gasteiger partial charge in [-0.1, -0.05) is 12.1 Å². The summed E-state index contributed by atoms with van der Waals surface area (Å²) in [5.74, 6) is 1.63. The number of hydrogen-bond donors (Lipinski definition) is 2. The molecule has 1 aromatic heterocycles. The van der Waals surface area contributed by atoms with Gasteiger partial charge in [0.1, 0.15) is 17.4 Å². The fraction of sp³-hybridized carbons (Fsp3) is 0.474. The molecule has 0 aliphatic rings. The molecule has 0 aliphatic heterocycles. The molecule has 2 rings (SSSR count). The number of nitrogens with zero attached hydrogens (tertiary/aromatic N) is 2. The predicted octanol–water partition coefficient (Wildman–Crippen LogP) is 3.04. The zero-order chi connectivity index (χ0) is 18.8. The van der Waals surface area contributed by atoms with Gasteiger partial charge in [0.2, 0.25) is 0 Å². The maximum atomic E-state index is 5.84. The number of methoxy groups -OCH3 is 1. The van der Waals surface area contributed by atoms with Crippen molar-refractivity contribution in [1.82, 2.24) is 15.6 Å². The minimum atomic E-state index is 0.526. The number of benzene rings is 1. The summed E-state index contributed by atoms with van der Waals surface area (Å²) in [4.78, 5) is 10.3. The highest BCUT2D eigenvalue weighted by Crippen LogP contribution is 2.21. The van der Waals surface area contributed by atoms with Crippen molar-refractivity contribution in [1.29, 1.82) is 0 Å². The lowest BCUT2D eigenvalue weighted by molar-refractivity contribution is 0.145. The van der Waals surface area contributed by atoms with Gasteiger partial charge in [0.05, 0.1) is 19.7 Å². The van der Waals surface area contributed by atoms with E-state index in [-0.39, 0.29) is 0 Å². The van der Waals surface area contributed by atoms with Crippen LogP contribution in [-0.2, 0) is 17.8 Å². The number of guanidine groups is 1. The first-order valence-corrected chi connectivity index (χ1v) is 9.58. The number of ether oxygens (including phenoxy) is 2. The number of nitrogens with one attached hydrogen (secondary N) is 2. The summed E-state index contributed by atoms with van der Waals surface area (Å²) in [5, 5.41) is 7.65. The third-order valence-corrected chi connectivity index (χ3v) is 4.51. The van der Waals surface area contributed by atoms with E-state index in [4.69, 9.17) is 9.47 Å². The Morgan fingerprint density at radius 1 is 1.23 bits per heavy atom. The molecule has 0 saturated carbocycles. The molecule has 0 unspecified atom stereocenters. The first kappa shape index (κ1) is 20.2. The van der Waals surface area contributed by atoms with Crippen molar-refractivity contribution in [2.24, 2.45) is 4.99 Å². The molecule has 0 fully saturated rings. The van der Waals surface area contributed by atoms with Gasteiger partial charge in [0, 0.05) is 30.3 Å². The largest absolute Gasteiger partial charge is 0.491 e. The van der Waals surface area contributed by atoms with Crippen molar-refractivity contribution < 1.29 is 9.47 Å². The molecule has 1 aromatic carbocycles. The lowest BCUT2D eigenvalue weighted by Gasteiger charge is -2.13. The van der Waals surface area contributed by atoms with Crippen LogP contribution in [0, 0.1) is 13.8 Å². The van der Waals surface area contributed by atoms with Crippen LogP contribution in [0.5, 0.6) is 5.75 Å². The topological polar surface area (TPSA) is 67.8 Å². The molecule has 0 saturated heterocycles. The molecule has 1 heterocycles. The zero-order valence-electron chi connectivity index (χ0n) is 16.0. The molecular formula is C19H28N4O2S. The average Bonchev–Trinajstić information content (AvgIpc) is 3.04. The number of aryl methyl sites for hydroxylation is 2. The van der Waals surface area contributed by atoms with Crippen LogP contribution in [0.25, 0.3) is 0 Å². The van der Waals surface area contributed by atoms with Crippen molar-refractivity contribution >= 4 is 17.3 Å². The third-order valence-electron chi connectivity index (χ3n) is 3.60. The summed E-state index contributed by atoms with van der Waals surface area (Å²) in [6.07, 6.45) is 1.89. The number of rotatable bonds is 9. The van der Waals surface area contributed by atoms with Crippen molar-refractivity contribution in [3.05, 3.63) is 45.4 Å². The maximum absolute atomic E-state index is 5.84. The predicted molar refractivity (Wildman–Crippen MR) is 107 cm³/mol. The van der Waals surface area contributed by atoms with Gasteiger partial charge in [-0.05, 0) is 32.4 Å². The molecule has 2 N–H and O–H groups in total. The van der Waals surface area contributed by atoms with Crippen LogP contribution in [0.3, 0.4) is 0 Å². The Labute approximate surface area is 159 Å². The molecule has 7 heteroatoms. The Balaban J connectivity index is 2.03. The van der Waals surface area contributed by atoms with Gasteiger partial charge in [0.15, 0.2) is 5.96 Å². The van der Waals surface area contributed by atoms with E-state index in [9.17, 15) is 0 Å². The van der Waals surface area contributed by atoms with Gasteiger partial charge in [-0.2, -0.15) is 0 Å². The van der Waals surface area contributed by atoms with Gasteiger partial charge in [-0.25, -0.2) is 9.98 Å².